The molecule has 0 unspecified atom stereocenters. The molecule has 1 saturated carbocycles. The molecule has 1 aliphatic rings. The van der Waals surface area contributed by atoms with Gasteiger partial charge in [0.05, 0.1) is 6.61 Å². The Hall–Kier alpha value is -3.04. The molecule has 1 aliphatic carbocycles. The van der Waals surface area contributed by atoms with Crippen LogP contribution in [0.4, 0.5) is 0 Å². The van der Waals surface area contributed by atoms with Crippen LogP contribution in [-0.2, 0) is 14.3 Å². The number of allylic oxidation sites excluding steroid dienone is 3. The number of nitrogens with zero attached hydrogens (tertiary/aromatic N) is 2. The van der Waals surface area contributed by atoms with E-state index in [1.54, 1.807) is 25.1 Å². The summed E-state index contributed by atoms with van der Waals surface area (Å²) in [5.74, 6) is 0.772. The molecule has 1 rings (SSSR count). The summed E-state index contributed by atoms with van der Waals surface area (Å²) in [6.45, 7) is 1.90. The van der Waals surface area contributed by atoms with Crippen LogP contribution in [-0.4, -0.2) is 23.5 Å². The zero-order valence-electron chi connectivity index (χ0n) is 13.4. The molecule has 6 heteroatoms. The summed E-state index contributed by atoms with van der Waals surface area (Å²) in [5, 5.41) is 26.4. The molecule has 0 aromatic rings. The summed E-state index contributed by atoms with van der Waals surface area (Å²) < 4.78 is 4.83. The first kappa shape index (κ1) is 19.0. The minimum Gasteiger partial charge on any atom is -0.462 e. The molecule has 0 atom stereocenters. The van der Waals surface area contributed by atoms with Gasteiger partial charge in [0, 0.05) is 5.92 Å². The maximum Gasteiger partial charge on any atom is 0.348 e. The van der Waals surface area contributed by atoms with E-state index >= 15 is 0 Å². The van der Waals surface area contributed by atoms with Gasteiger partial charge in [-0.25, -0.2) is 4.79 Å². The third-order valence-electron chi connectivity index (χ3n) is 3.77. The second kappa shape index (κ2) is 9.87. The number of ether oxygens (including phenoxy) is 1. The summed E-state index contributed by atoms with van der Waals surface area (Å²) in [4.78, 5) is 23.1. The third kappa shape index (κ3) is 5.63. The minimum absolute atomic E-state index is 0.0157. The van der Waals surface area contributed by atoms with Gasteiger partial charge in [0.2, 0.25) is 5.78 Å². The van der Waals surface area contributed by atoms with Crippen molar-refractivity contribution >= 4 is 11.8 Å². The van der Waals surface area contributed by atoms with Crippen molar-refractivity contribution in [1.82, 2.24) is 0 Å². The van der Waals surface area contributed by atoms with Crippen molar-refractivity contribution in [3.05, 3.63) is 23.3 Å². The van der Waals surface area contributed by atoms with Crippen molar-refractivity contribution in [2.45, 2.75) is 32.6 Å². The quantitative estimate of drug-likeness (QED) is 0.359. The van der Waals surface area contributed by atoms with E-state index < -0.39 is 11.8 Å². The van der Waals surface area contributed by atoms with Crippen LogP contribution in [0.3, 0.4) is 0 Å². The van der Waals surface area contributed by atoms with Crippen LogP contribution in [0.2, 0.25) is 0 Å². The summed E-state index contributed by atoms with van der Waals surface area (Å²) in [7, 11) is 0. The molecule has 0 radical (unpaired) electrons. The lowest BCUT2D eigenvalue weighted by Gasteiger charge is -2.24. The number of rotatable bonds is 5. The molecule has 0 heterocycles. The van der Waals surface area contributed by atoms with Crippen molar-refractivity contribution in [2.75, 3.05) is 6.61 Å². The number of aliphatic hydroxyl groups is 1. The largest absolute Gasteiger partial charge is 0.462 e. The van der Waals surface area contributed by atoms with Gasteiger partial charge >= 0.3 is 5.97 Å². The Labute approximate surface area is 141 Å². The number of esters is 1. The number of aliphatic hydroxyl groups excluding tert-OH is 1. The molecular weight excluding hydrogens is 308 g/mol. The van der Waals surface area contributed by atoms with Gasteiger partial charge in [-0.3, -0.25) is 4.79 Å². The molecule has 0 amide bonds. The van der Waals surface area contributed by atoms with Crippen LogP contribution >= 0.6 is 0 Å². The van der Waals surface area contributed by atoms with E-state index in [-0.39, 0.29) is 29.6 Å². The fraction of sp³-hybridized carbons (Fsp3) is 0.444. The van der Waals surface area contributed by atoms with E-state index in [1.165, 1.54) is 6.11 Å². The highest BCUT2D eigenvalue weighted by Crippen LogP contribution is 2.31. The zero-order valence-corrected chi connectivity index (χ0v) is 13.4. The summed E-state index contributed by atoms with van der Waals surface area (Å²) >= 11 is 0. The van der Waals surface area contributed by atoms with Gasteiger partial charge in [-0.2, -0.15) is 10.5 Å². The van der Waals surface area contributed by atoms with E-state index in [9.17, 15) is 9.59 Å². The minimum atomic E-state index is -0.698. The monoisotopic (exact) mass is 326 g/mol. The first-order valence-corrected chi connectivity index (χ1v) is 7.66. The Morgan fingerprint density at radius 3 is 2.00 bits per heavy atom. The Balaban J connectivity index is 2.71. The number of hydrogen-bond acceptors (Lipinski definition) is 6. The zero-order chi connectivity index (χ0) is 17.9. The van der Waals surface area contributed by atoms with Crippen molar-refractivity contribution in [3.63, 3.8) is 0 Å². The third-order valence-corrected chi connectivity index (χ3v) is 3.77. The summed E-state index contributed by atoms with van der Waals surface area (Å²) in [6, 6.07) is 3.66. The molecule has 24 heavy (non-hydrogen) atoms. The van der Waals surface area contributed by atoms with E-state index in [4.69, 9.17) is 20.4 Å². The highest BCUT2D eigenvalue weighted by atomic mass is 16.5. The molecule has 0 aliphatic heterocycles. The topological polar surface area (TPSA) is 111 Å². The second-order valence-corrected chi connectivity index (χ2v) is 5.35. The molecule has 6 nitrogen and oxygen atoms in total. The number of ketones is 1. The smallest absolute Gasteiger partial charge is 0.348 e. The second-order valence-electron chi connectivity index (χ2n) is 5.35. The predicted octanol–water partition coefficient (Wildman–Crippen LogP) is 2.16. The molecule has 0 aromatic heterocycles. The molecule has 0 bridgehead atoms. The standard InChI is InChI=1S/C18H18N2O4/c1-2-24-18(23)16(12-20)10-14-5-3-13(4-6-14)9-15(11-19)17(22)7-8-21/h9-10,13-14,21H,2-6H2,1H3/b15-9+,16-10+. The lowest BCUT2D eigenvalue weighted by Crippen LogP contribution is -2.15. The van der Waals surface area contributed by atoms with Crippen LogP contribution < -0.4 is 0 Å². The molecule has 1 N–H and O–H groups in total. The van der Waals surface area contributed by atoms with Crippen molar-refractivity contribution in [3.8, 4) is 24.2 Å². The Morgan fingerprint density at radius 2 is 1.58 bits per heavy atom. The maximum atomic E-state index is 11.6. The summed E-state index contributed by atoms with van der Waals surface area (Å²) in [5.41, 5.74) is -0.0540. The van der Waals surface area contributed by atoms with Gasteiger partial charge in [0.15, 0.2) is 0 Å². The van der Waals surface area contributed by atoms with E-state index in [1.807, 2.05) is 12.0 Å². The molecule has 0 spiro atoms. The van der Waals surface area contributed by atoms with Crippen molar-refractivity contribution in [2.24, 2.45) is 11.8 Å². The van der Waals surface area contributed by atoms with E-state index in [0.717, 1.165) is 25.7 Å². The summed E-state index contributed by atoms with van der Waals surface area (Å²) in [6.07, 6.45) is 7.67. The van der Waals surface area contributed by atoms with Gasteiger partial charge in [0.1, 0.15) is 29.4 Å². The Morgan fingerprint density at radius 1 is 1.08 bits per heavy atom. The Kier molecular flexibility index (Phi) is 7.82. The molecule has 1 fully saturated rings. The number of carbonyl (C=O) groups is 2. The van der Waals surface area contributed by atoms with Crippen LogP contribution in [0.15, 0.2) is 23.3 Å². The number of carbonyl (C=O) groups excluding carboxylic acids is 2. The SMILES string of the molecule is CCOC(=O)/C(C#N)=C/C1CCC(/C=C(\C#N)C(=O)C#CO)CC1. The van der Waals surface area contributed by atoms with E-state index in [0.29, 0.717) is 0 Å². The van der Waals surface area contributed by atoms with Crippen molar-refractivity contribution in [1.29, 1.82) is 10.5 Å². The normalized spacial score (nSPS) is 20.8. The molecular formula is C18H18N2O4. The highest BCUT2D eigenvalue weighted by Gasteiger charge is 2.22. The number of nitriles is 2. The van der Waals surface area contributed by atoms with Crippen LogP contribution in [0.5, 0.6) is 0 Å². The number of Topliss-reactive ketones (excluding diaryl/α,β-unsaturated/α-hetero) is 1. The van der Waals surface area contributed by atoms with Gasteiger partial charge in [0.25, 0.3) is 0 Å². The van der Waals surface area contributed by atoms with Crippen LogP contribution in [0.25, 0.3) is 0 Å². The first-order chi connectivity index (χ1) is 11.5. The first-order valence-electron chi connectivity index (χ1n) is 7.66. The molecule has 0 aromatic carbocycles. The fourth-order valence-corrected chi connectivity index (χ4v) is 2.59. The average molecular weight is 326 g/mol. The van der Waals surface area contributed by atoms with Crippen LogP contribution in [0, 0.1) is 46.5 Å². The highest BCUT2D eigenvalue weighted by molar-refractivity contribution is 6.11. The fourth-order valence-electron chi connectivity index (χ4n) is 2.59. The molecule has 124 valence electrons. The molecule has 0 saturated heterocycles. The predicted molar refractivity (Wildman–Crippen MR) is 84.2 cm³/mol. The maximum absolute atomic E-state index is 11.6. The van der Waals surface area contributed by atoms with E-state index in [2.05, 4.69) is 0 Å². The number of hydrogen-bond donors (Lipinski definition) is 1. The van der Waals surface area contributed by atoms with Crippen LogP contribution in [0.1, 0.15) is 32.6 Å². The van der Waals surface area contributed by atoms with Gasteiger partial charge in [-0.05, 0) is 44.4 Å². The lowest BCUT2D eigenvalue weighted by molar-refractivity contribution is -0.138. The van der Waals surface area contributed by atoms with Gasteiger partial charge in [-0.1, -0.05) is 12.2 Å². The van der Waals surface area contributed by atoms with Gasteiger partial charge in [-0.15, -0.1) is 0 Å². The van der Waals surface area contributed by atoms with Gasteiger partial charge < -0.3 is 9.84 Å². The Bertz CT molecular complexity index is 687. The average Bonchev–Trinajstić information content (AvgIpc) is 2.59. The lowest BCUT2D eigenvalue weighted by atomic mass is 9.80. The van der Waals surface area contributed by atoms with Crippen molar-refractivity contribution < 1.29 is 19.4 Å².